The zero-order chi connectivity index (χ0) is 13.7. The second-order valence-corrected chi connectivity index (χ2v) is 4.38. The maximum absolute atomic E-state index is 10.6. The normalized spacial score (nSPS) is 10.4. The monoisotopic (exact) mass is 252 g/mol. The lowest BCUT2D eigenvalue weighted by molar-refractivity contribution is 0.142. The molecular formula is C14H20O4. The van der Waals surface area contributed by atoms with Gasteiger partial charge in [0.15, 0.2) is 11.5 Å². The van der Waals surface area contributed by atoms with E-state index < -0.39 is 6.16 Å². The van der Waals surface area contributed by atoms with Gasteiger partial charge in [-0.05, 0) is 30.9 Å². The van der Waals surface area contributed by atoms with Crippen molar-refractivity contribution in [3.63, 3.8) is 0 Å². The second-order valence-electron chi connectivity index (χ2n) is 4.38. The highest BCUT2D eigenvalue weighted by Crippen LogP contribution is 2.37. The maximum Gasteiger partial charge on any atom is 0.511 e. The van der Waals surface area contributed by atoms with E-state index in [-0.39, 0.29) is 11.5 Å². The highest BCUT2D eigenvalue weighted by molar-refractivity contribution is 5.66. The Kier molecular flexibility index (Phi) is 5.01. The summed E-state index contributed by atoms with van der Waals surface area (Å²) in [4.78, 5) is 10.6. The first kappa shape index (κ1) is 14.4. The molecule has 0 fully saturated rings. The summed E-state index contributed by atoms with van der Waals surface area (Å²) in [5.74, 6) is 0.0357. The summed E-state index contributed by atoms with van der Waals surface area (Å²) in [6.07, 6.45) is 2.06. The van der Waals surface area contributed by atoms with Crippen LogP contribution in [0.15, 0.2) is 6.07 Å². The van der Waals surface area contributed by atoms with Crippen molar-refractivity contribution in [3.8, 4) is 11.5 Å². The van der Waals surface area contributed by atoms with Gasteiger partial charge in [0.25, 0.3) is 0 Å². The fourth-order valence-corrected chi connectivity index (χ4v) is 2.13. The van der Waals surface area contributed by atoms with Crippen LogP contribution in [0.25, 0.3) is 0 Å². The molecule has 0 aliphatic heterocycles. The summed E-state index contributed by atoms with van der Waals surface area (Å²) in [7, 11) is 0. The van der Waals surface area contributed by atoms with Crippen LogP contribution in [0, 0.1) is 6.92 Å². The Morgan fingerprint density at radius 3 is 2.39 bits per heavy atom. The fraction of sp³-hybridized carbons (Fsp3) is 0.500. The van der Waals surface area contributed by atoms with E-state index in [2.05, 4.69) is 11.7 Å². The molecule has 0 amide bonds. The molecule has 100 valence electrons. The molecular weight excluding hydrogens is 232 g/mol. The average molecular weight is 252 g/mol. The molecule has 4 nitrogen and oxygen atoms in total. The first-order valence-corrected chi connectivity index (χ1v) is 6.26. The molecule has 0 radical (unpaired) electrons. The van der Waals surface area contributed by atoms with Gasteiger partial charge in [-0.1, -0.05) is 32.8 Å². The van der Waals surface area contributed by atoms with Crippen molar-refractivity contribution in [2.45, 2.75) is 46.5 Å². The maximum atomic E-state index is 10.6. The molecule has 0 aromatic heterocycles. The van der Waals surface area contributed by atoms with Crippen LogP contribution in [0.4, 0.5) is 4.79 Å². The van der Waals surface area contributed by atoms with Gasteiger partial charge in [0.05, 0.1) is 0 Å². The van der Waals surface area contributed by atoms with Crippen molar-refractivity contribution in [3.05, 3.63) is 22.8 Å². The van der Waals surface area contributed by atoms with E-state index in [1.165, 1.54) is 0 Å². The minimum Gasteiger partial charge on any atom is -0.504 e. The number of phenolic OH excluding ortho intramolecular Hbond substituents is 1. The first-order valence-electron chi connectivity index (χ1n) is 6.26. The van der Waals surface area contributed by atoms with Gasteiger partial charge >= 0.3 is 6.16 Å². The molecule has 0 heterocycles. The number of aromatic hydroxyl groups is 1. The number of aryl methyl sites for hydroxylation is 2. The zero-order valence-corrected chi connectivity index (χ0v) is 11.1. The second kappa shape index (κ2) is 6.28. The van der Waals surface area contributed by atoms with Gasteiger partial charge in [-0.2, -0.15) is 0 Å². The van der Waals surface area contributed by atoms with Crippen LogP contribution in [0.3, 0.4) is 0 Å². The zero-order valence-electron chi connectivity index (χ0n) is 11.1. The lowest BCUT2D eigenvalue weighted by Gasteiger charge is -2.15. The number of ether oxygens (including phenoxy) is 1. The van der Waals surface area contributed by atoms with Crippen molar-refractivity contribution >= 4 is 6.16 Å². The summed E-state index contributed by atoms with van der Waals surface area (Å²) in [5.41, 5.74) is 2.53. The van der Waals surface area contributed by atoms with Gasteiger partial charge < -0.3 is 14.9 Å². The Bertz CT molecular complexity index is 438. The number of hydrogen-bond donors (Lipinski definition) is 2. The molecule has 0 bridgehead atoms. The largest absolute Gasteiger partial charge is 0.511 e. The number of rotatable bonds is 5. The highest BCUT2D eigenvalue weighted by Gasteiger charge is 2.18. The third kappa shape index (κ3) is 3.15. The third-order valence-corrected chi connectivity index (χ3v) is 2.85. The van der Waals surface area contributed by atoms with Gasteiger partial charge in [0.1, 0.15) is 0 Å². The molecule has 0 saturated heterocycles. The topological polar surface area (TPSA) is 66.8 Å². The Morgan fingerprint density at radius 2 is 1.89 bits per heavy atom. The van der Waals surface area contributed by atoms with E-state index in [1.54, 1.807) is 6.92 Å². The molecule has 0 aliphatic carbocycles. The quantitative estimate of drug-likeness (QED) is 0.620. The molecule has 1 aromatic rings. The van der Waals surface area contributed by atoms with E-state index in [9.17, 15) is 9.90 Å². The molecule has 0 saturated carbocycles. The van der Waals surface area contributed by atoms with Crippen LogP contribution in [-0.4, -0.2) is 16.4 Å². The molecule has 0 atom stereocenters. The Morgan fingerprint density at radius 1 is 1.28 bits per heavy atom. The summed E-state index contributed by atoms with van der Waals surface area (Å²) in [6.45, 7) is 5.84. The molecule has 18 heavy (non-hydrogen) atoms. The SMILES string of the molecule is CCCc1cc(C)c(OC(=O)O)c(O)c1CCC. The van der Waals surface area contributed by atoms with Crippen LogP contribution in [0.1, 0.15) is 43.4 Å². The average Bonchev–Trinajstić information content (AvgIpc) is 2.29. The van der Waals surface area contributed by atoms with E-state index in [4.69, 9.17) is 5.11 Å². The Balaban J connectivity index is 3.29. The third-order valence-electron chi connectivity index (χ3n) is 2.85. The van der Waals surface area contributed by atoms with E-state index in [1.807, 2.05) is 13.0 Å². The van der Waals surface area contributed by atoms with Crippen molar-refractivity contribution in [2.75, 3.05) is 0 Å². The van der Waals surface area contributed by atoms with Crippen LogP contribution >= 0.6 is 0 Å². The number of phenols is 1. The van der Waals surface area contributed by atoms with Crippen molar-refractivity contribution in [2.24, 2.45) is 0 Å². The number of carbonyl (C=O) groups is 1. The predicted octanol–water partition coefficient (Wildman–Crippen LogP) is 3.66. The molecule has 0 unspecified atom stereocenters. The Hall–Kier alpha value is -1.71. The molecule has 1 aromatic carbocycles. The highest BCUT2D eigenvalue weighted by atomic mass is 16.7. The predicted molar refractivity (Wildman–Crippen MR) is 69.5 cm³/mol. The van der Waals surface area contributed by atoms with Crippen LogP contribution in [0.5, 0.6) is 11.5 Å². The number of benzene rings is 1. The molecule has 1 rings (SSSR count). The summed E-state index contributed by atoms with van der Waals surface area (Å²) >= 11 is 0. The minimum absolute atomic E-state index is 0.0253. The Labute approximate surface area is 107 Å². The van der Waals surface area contributed by atoms with Gasteiger partial charge in [0.2, 0.25) is 0 Å². The smallest absolute Gasteiger partial charge is 0.504 e. The van der Waals surface area contributed by atoms with Crippen molar-refractivity contribution in [1.29, 1.82) is 0 Å². The van der Waals surface area contributed by atoms with E-state index in [0.717, 1.165) is 36.8 Å². The molecule has 4 heteroatoms. The summed E-state index contributed by atoms with van der Waals surface area (Å²) < 4.78 is 4.66. The molecule has 0 spiro atoms. The summed E-state index contributed by atoms with van der Waals surface area (Å²) in [6, 6.07) is 1.91. The molecule has 2 N–H and O–H groups in total. The lowest BCUT2D eigenvalue weighted by Crippen LogP contribution is -2.07. The van der Waals surface area contributed by atoms with Crippen LogP contribution in [0.2, 0.25) is 0 Å². The van der Waals surface area contributed by atoms with Gasteiger partial charge in [-0.25, -0.2) is 4.79 Å². The lowest BCUT2D eigenvalue weighted by atomic mass is 9.95. The fourth-order valence-electron chi connectivity index (χ4n) is 2.13. The molecule has 0 aliphatic rings. The van der Waals surface area contributed by atoms with Crippen LogP contribution in [-0.2, 0) is 12.8 Å². The van der Waals surface area contributed by atoms with Crippen molar-refractivity contribution < 1.29 is 19.7 Å². The first-order chi connectivity index (χ1) is 8.51. The standard InChI is InChI=1S/C14H20O4/c1-4-6-10-8-9(3)13(18-14(16)17)12(15)11(10)7-5-2/h8,15H,4-7H2,1-3H3,(H,16,17). The number of hydrogen-bond acceptors (Lipinski definition) is 3. The van der Waals surface area contributed by atoms with Gasteiger partial charge in [0, 0.05) is 5.56 Å². The van der Waals surface area contributed by atoms with Gasteiger partial charge in [-0.3, -0.25) is 0 Å². The summed E-state index contributed by atoms with van der Waals surface area (Å²) in [5, 5.41) is 18.8. The van der Waals surface area contributed by atoms with Crippen molar-refractivity contribution in [1.82, 2.24) is 0 Å². The van der Waals surface area contributed by atoms with E-state index >= 15 is 0 Å². The number of carboxylic acid groups (broad SMARTS) is 1. The van der Waals surface area contributed by atoms with E-state index in [0.29, 0.717) is 5.56 Å². The minimum atomic E-state index is -1.40. The van der Waals surface area contributed by atoms with Gasteiger partial charge in [-0.15, -0.1) is 0 Å². The van der Waals surface area contributed by atoms with Crippen LogP contribution < -0.4 is 4.74 Å².